The quantitative estimate of drug-likeness (QED) is 0.777. The minimum absolute atomic E-state index is 0.0296. The SMILES string of the molecule is CN(C)c1cccc(NC(=O)NC2(CC(=O)O)CCC2)c1. The highest BCUT2D eigenvalue weighted by molar-refractivity contribution is 5.90. The van der Waals surface area contributed by atoms with Gasteiger partial charge >= 0.3 is 12.0 Å². The molecular weight excluding hydrogens is 270 g/mol. The molecule has 3 N–H and O–H groups in total. The normalized spacial score (nSPS) is 15.7. The summed E-state index contributed by atoms with van der Waals surface area (Å²) in [6.07, 6.45) is 2.34. The summed E-state index contributed by atoms with van der Waals surface area (Å²) < 4.78 is 0. The molecule has 0 aliphatic heterocycles. The second-order valence-corrected chi connectivity index (χ2v) is 5.73. The fourth-order valence-electron chi connectivity index (χ4n) is 2.50. The summed E-state index contributed by atoms with van der Waals surface area (Å²) in [5.74, 6) is -0.885. The molecule has 0 spiro atoms. The molecule has 1 aliphatic rings. The molecule has 1 fully saturated rings. The summed E-state index contributed by atoms with van der Waals surface area (Å²) in [6, 6.07) is 7.12. The molecule has 1 aliphatic carbocycles. The molecule has 0 atom stereocenters. The number of anilines is 2. The summed E-state index contributed by atoms with van der Waals surface area (Å²) >= 11 is 0. The molecule has 2 rings (SSSR count). The molecule has 0 radical (unpaired) electrons. The molecule has 0 aromatic heterocycles. The molecule has 114 valence electrons. The molecule has 21 heavy (non-hydrogen) atoms. The summed E-state index contributed by atoms with van der Waals surface area (Å²) in [6.45, 7) is 0. The van der Waals surface area contributed by atoms with Crippen LogP contribution < -0.4 is 15.5 Å². The standard InChI is InChI=1S/C15H21N3O3/c1-18(2)12-6-3-5-11(9-12)16-14(21)17-15(7-4-8-15)10-13(19)20/h3,5-6,9H,4,7-8,10H2,1-2H3,(H,19,20)(H2,16,17,21). The van der Waals surface area contributed by atoms with Crippen LogP contribution >= 0.6 is 0 Å². The molecule has 1 aromatic rings. The molecule has 1 aromatic carbocycles. The minimum Gasteiger partial charge on any atom is -0.481 e. The Labute approximate surface area is 124 Å². The Balaban J connectivity index is 1.98. The first kappa shape index (κ1) is 15.2. The third kappa shape index (κ3) is 3.87. The van der Waals surface area contributed by atoms with Crippen LogP contribution in [0.1, 0.15) is 25.7 Å². The van der Waals surface area contributed by atoms with Crippen molar-refractivity contribution in [1.29, 1.82) is 0 Å². The van der Waals surface area contributed by atoms with E-state index in [9.17, 15) is 9.59 Å². The van der Waals surface area contributed by atoms with Crippen LogP contribution in [0.2, 0.25) is 0 Å². The van der Waals surface area contributed by atoms with Gasteiger partial charge in [0, 0.05) is 25.5 Å². The van der Waals surface area contributed by atoms with E-state index in [1.54, 1.807) is 6.07 Å². The number of carboxylic acid groups (broad SMARTS) is 1. The van der Waals surface area contributed by atoms with E-state index in [0.717, 1.165) is 12.1 Å². The van der Waals surface area contributed by atoms with E-state index < -0.39 is 11.5 Å². The average Bonchev–Trinajstić information content (AvgIpc) is 2.35. The number of carboxylic acids is 1. The fourth-order valence-corrected chi connectivity index (χ4v) is 2.50. The number of rotatable bonds is 5. The van der Waals surface area contributed by atoms with Crippen LogP contribution in [0.25, 0.3) is 0 Å². The number of urea groups is 1. The van der Waals surface area contributed by atoms with Gasteiger partial charge < -0.3 is 20.6 Å². The van der Waals surface area contributed by atoms with Gasteiger partial charge in [-0.05, 0) is 37.5 Å². The van der Waals surface area contributed by atoms with Crippen LogP contribution in [0, 0.1) is 0 Å². The molecule has 2 amide bonds. The average molecular weight is 291 g/mol. The van der Waals surface area contributed by atoms with Crippen molar-refractivity contribution in [1.82, 2.24) is 5.32 Å². The second kappa shape index (κ2) is 6.03. The van der Waals surface area contributed by atoms with E-state index >= 15 is 0 Å². The Bertz CT molecular complexity index is 539. The van der Waals surface area contributed by atoms with Gasteiger partial charge in [-0.2, -0.15) is 0 Å². The summed E-state index contributed by atoms with van der Waals surface area (Å²) in [4.78, 5) is 24.9. The minimum atomic E-state index is -0.885. The summed E-state index contributed by atoms with van der Waals surface area (Å²) in [5, 5.41) is 14.5. The van der Waals surface area contributed by atoms with Gasteiger partial charge in [-0.15, -0.1) is 0 Å². The fraction of sp³-hybridized carbons (Fsp3) is 0.467. The molecule has 0 heterocycles. The molecular formula is C15H21N3O3. The summed E-state index contributed by atoms with van der Waals surface area (Å²) in [5.41, 5.74) is 1.08. The monoisotopic (exact) mass is 291 g/mol. The van der Waals surface area contributed by atoms with Crippen molar-refractivity contribution in [2.45, 2.75) is 31.2 Å². The van der Waals surface area contributed by atoms with Crippen LogP contribution in [0.3, 0.4) is 0 Å². The molecule has 1 saturated carbocycles. The number of carbonyl (C=O) groups is 2. The number of benzene rings is 1. The molecule has 6 nitrogen and oxygen atoms in total. The van der Waals surface area contributed by atoms with E-state index in [2.05, 4.69) is 10.6 Å². The van der Waals surface area contributed by atoms with Crippen molar-refractivity contribution in [2.24, 2.45) is 0 Å². The first-order valence-corrected chi connectivity index (χ1v) is 6.99. The highest BCUT2D eigenvalue weighted by Crippen LogP contribution is 2.35. The first-order valence-electron chi connectivity index (χ1n) is 6.99. The number of aliphatic carboxylic acids is 1. The lowest BCUT2D eigenvalue weighted by Crippen LogP contribution is -2.55. The molecule has 0 bridgehead atoms. The van der Waals surface area contributed by atoms with E-state index in [-0.39, 0.29) is 12.5 Å². The van der Waals surface area contributed by atoms with Crippen molar-refractivity contribution in [3.8, 4) is 0 Å². The number of carbonyl (C=O) groups excluding carboxylic acids is 1. The van der Waals surface area contributed by atoms with Crippen LogP contribution in [0.5, 0.6) is 0 Å². The zero-order valence-corrected chi connectivity index (χ0v) is 12.3. The number of nitrogens with one attached hydrogen (secondary N) is 2. The third-order valence-corrected chi connectivity index (χ3v) is 3.80. The Kier molecular flexibility index (Phi) is 4.35. The topological polar surface area (TPSA) is 81.7 Å². The number of nitrogens with zero attached hydrogens (tertiary/aromatic N) is 1. The molecule has 0 unspecified atom stereocenters. The maximum Gasteiger partial charge on any atom is 0.319 e. The van der Waals surface area contributed by atoms with Gasteiger partial charge in [0.1, 0.15) is 0 Å². The Hall–Kier alpha value is -2.24. The number of hydrogen-bond donors (Lipinski definition) is 3. The zero-order chi connectivity index (χ0) is 15.5. The zero-order valence-electron chi connectivity index (χ0n) is 12.3. The van der Waals surface area contributed by atoms with Crippen LogP contribution in [0.4, 0.5) is 16.2 Å². The van der Waals surface area contributed by atoms with Gasteiger partial charge in [-0.3, -0.25) is 4.79 Å². The highest BCUT2D eigenvalue weighted by atomic mass is 16.4. The van der Waals surface area contributed by atoms with Gasteiger partial charge in [-0.25, -0.2) is 4.79 Å². The van der Waals surface area contributed by atoms with E-state index in [4.69, 9.17) is 5.11 Å². The van der Waals surface area contributed by atoms with Gasteiger partial charge in [0.15, 0.2) is 0 Å². The number of hydrogen-bond acceptors (Lipinski definition) is 3. The maximum atomic E-state index is 12.1. The second-order valence-electron chi connectivity index (χ2n) is 5.73. The maximum absolute atomic E-state index is 12.1. The Morgan fingerprint density at radius 2 is 2.05 bits per heavy atom. The predicted octanol–water partition coefficient (Wildman–Crippen LogP) is 2.27. The third-order valence-electron chi connectivity index (χ3n) is 3.80. The van der Waals surface area contributed by atoms with Gasteiger partial charge in [-0.1, -0.05) is 6.07 Å². The van der Waals surface area contributed by atoms with E-state index in [1.807, 2.05) is 37.2 Å². The predicted molar refractivity (Wildman–Crippen MR) is 81.8 cm³/mol. The highest BCUT2D eigenvalue weighted by Gasteiger charge is 2.40. The Morgan fingerprint density at radius 3 is 2.57 bits per heavy atom. The lowest BCUT2D eigenvalue weighted by Gasteiger charge is -2.41. The lowest BCUT2D eigenvalue weighted by atomic mass is 9.74. The van der Waals surface area contributed by atoms with Crippen LogP contribution in [-0.4, -0.2) is 36.7 Å². The largest absolute Gasteiger partial charge is 0.481 e. The molecule has 6 heteroatoms. The van der Waals surface area contributed by atoms with Gasteiger partial charge in [0.05, 0.1) is 12.0 Å². The lowest BCUT2D eigenvalue weighted by molar-refractivity contribution is -0.139. The van der Waals surface area contributed by atoms with E-state index in [1.165, 1.54) is 0 Å². The smallest absolute Gasteiger partial charge is 0.319 e. The van der Waals surface area contributed by atoms with Crippen molar-refractivity contribution in [3.63, 3.8) is 0 Å². The summed E-state index contributed by atoms with van der Waals surface area (Å²) in [7, 11) is 3.85. The Morgan fingerprint density at radius 1 is 1.33 bits per heavy atom. The number of amides is 2. The van der Waals surface area contributed by atoms with Crippen molar-refractivity contribution in [2.75, 3.05) is 24.3 Å². The van der Waals surface area contributed by atoms with Crippen molar-refractivity contribution in [3.05, 3.63) is 24.3 Å². The van der Waals surface area contributed by atoms with Gasteiger partial charge in [0.25, 0.3) is 0 Å². The van der Waals surface area contributed by atoms with Crippen molar-refractivity contribution < 1.29 is 14.7 Å². The van der Waals surface area contributed by atoms with Gasteiger partial charge in [0.2, 0.25) is 0 Å². The molecule has 0 saturated heterocycles. The van der Waals surface area contributed by atoms with Crippen molar-refractivity contribution >= 4 is 23.4 Å². The van der Waals surface area contributed by atoms with Crippen LogP contribution in [-0.2, 0) is 4.79 Å². The van der Waals surface area contributed by atoms with Crippen LogP contribution in [0.15, 0.2) is 24.3 Å². The van der Waals surface area contributed by atoms with E-state index in [0.29, 0.717) is 18.5 Å². The first-order chi connectivity index (χ1) is 9.90.